The molecule has 0 aromatic carbocycles. The van der Waals surface area contributed by atoms with E-state index >= 15 is 0 Å². The zero-order valence-corrected chi connectivity index (χ0v) is 12.8. The van der Waals surface area contributed by atoms with Crippen molar-refractivity contribution in [3.63, 3.8) is 0 Å². The Hall–Kier alpha value is -0.940. The maximum Gasteiger partial charge on any atom is 0.231 e. The lowest BCUT2D eigenvalue weighted by Crippen LogP contribution is -2.33. The Bertz CT molecular complexity index is 354. The van der Waals surface area contributed by atoms with Crippen LogP contribution in [0.4, 0.5) is 0 Å². The van der Waals surface area contributed by atoms with Gasteiger partial charge >= 0.3 is 0 Å². The molecular formula is C14H27N3O2. The van der Waals surface area contributed by atoms with Gasteiger partial charge in [-0.3, -0.25) is 0 Å². The predicted octanol–water partition coefficient (Wildman–Crippen LogP) is 3.05. The van der Waals surface area contributed by atoms with Crippen LogP contribution in [-0.4, -0.2) is 29.8 Å². The van der Waals surface area contributed by atoms with E-state index in [1.807, 2.05) is 0 Å². The van der Waals surface area contributed by atoms with Crippen LogP contribution in [0.1, 0.15) is 70.7 Å². The van der Waals surface area contributed by atoms with Crippen molar-refractivity contribution in [3.8, 4) is 0 Å². The van der Waals surface area contributed by atoms with E-state index in [2.05, 4.69) is 43.2 Å². The fourth-order valence-electron chi connectivity index (χ4n) is 2.29. The molecule has 5 nitrogen and oxygen atoms in total. The average molecular weight is 269 g/mol. The van der Waals surface area contributed by atoms with E-state index in [1.165, 1.54) is 0 Å². The standard InChI is InChI=1S/C14H27N3O2/c1-6-9-12(18-5)13-16-14(19-17-13)10(4)11(7-2)15-8-3/h10-12,15H,6-9H2,1-5H3. The lowest BCUT2D eigenvalue weighted by Gasteiger charge is -2.20. The smallest absolute Gasteiger partial charge is 0.231 e. The Labute approximate surface area is 116 Å². The number of rotatable bonds is 9. The minimum absolute atomic E-state index is 0.0612. The highest BCUT2D eigenvalue weighted by Gasteiger charge is 2.24. The van der Waals surface area contributed by atoms with Gasteiger partial charge in [0.05, 0.1) is 5.92 Å². The molecule has 110 valence electrons. The summed E-state index contributed by atoms with van der Waals surface area (Å²) in [6, 6.07) is 0.366. The van der Waals surface area contributed by atoms with E-state index in [-0.39, 0.29) is 12.0 Å². The molecule has 5 heteroatoms. The second-order valence-corrected chi connectivity index (χ2v) is 4.86. The van der Waals surface area contributed by atoms with E-state index in [1.54, 1.807) is 7.11 Å². The summed E-state index contributed by atoms with van der Waals surface area (Å²) in [5.74, 6) is 1.57. The van der Waals surface area contributed by atoms with E-state index in [4.69, 9.17) is 9.26 Å². The molecule has 3 unspecified atom stereocenters. The number of nitrogens with one attached hydrogen (secondary N) is 1. The van der Waals surface area contributed by atoms with Crippen molar-refractivity contribution in [2.24, 2.45) is 0 Å². The zero-order chi connectivity index (χ0) is 14.3. The molecule has 0 saturated carbocycles. The highest BCUT2D eigenvalue weighted by molar-refractivity contribution is 4.99. The maximum atomic E-state index is 5.40. The van der Waals surface area contributed by atoms with Gasteiger partial charge in [0.25, 0.3) is 0 Å². The van der Waals surface area contributed by atoms with Gasteiger partial charge in [-0.25, -0.2) is 0 Å². The van der Waals surface area contributed by atoms with Gasteiger partial charge in [0.2, 0.25) is 11.7 Å². The first-order valence-corrected chi connectivity index (χ1v) is 7.27. The Morgan fingerprint density at radius 1 is 1.32 bits per heavy atom. The van der Waals surface area contributed by atoms with Crippen LogP contribution in [-0.2, 0) is 4.74 Å². The number of ether oxygens (including phenoxy) is 1. The quantitative estimate of drug-likeness (QED) is 0.746. The van der Waals surface area contributed by atoms with E-state index in [0.29, 0.717) is 17.8 Å². The van der Waals surface area contributed by atoms with Crippen molar-refractivity contribution in [2.45, 2.75) is 65.0 Å². The molecule has 1 aromatic heterocycles. The third-order valence-corrected chi connectivity index (χ3v) is 3.48. The van der Waals surface area contributed by atoms with Gasteiger partial charge < -0.3 is 14.6 Å². The molecule has 0 spiro atoms. The average Bonchev–Trinajstić information content (AvgIpc) is 2.90. The summed E-state index contributed by atoms with van der Waals surface area (Å²) in [7, 11) is 1.69. The summed E-state index contributed by atoms with van der Waals surface area (Å²) in [5.41, 5.74) is 0. The van der Waals surface area contributed by atoms with Crippen molar-refractivity contribution < 1.29 is 9.26 Å². The van der Waals surface area contributed by atoms with Crippen LogP contribution in [0.15, 0.2) is 4.52 Å². The Kier molecular flexibility index (Phi) is 7.02. The minimum Gasteiger partial charge on any atom is -0.373 e. The van der Waals surface area contributed by atoms with Gasteiger partial charge in [0, 0.05) is 13.2 Å². The number of aromatic nitrogens is 2. The Balaban J connectivity index is 2.76. The summed E-state index contributed by atoms with van der Waals surface area (Å²) < 4.78 is 10.8. The molecular weight excluding hydrogens is 242 g/mol. The van der Waals surface area contributed by atoms with Crippen molar-refractivity contribution in [3.05, 3.63) is 11.7 Å². The molecule has 1 N–H and O–H groups in total. The van der Waals surface area contributed by atoms with Gasteiger partial charge in [-0.2, -0.15) is 4.98 Å². The topological polar surface area (TPSA) is 60.2 Å². The van der Waals surface area contributed by atoms with Crippen LogP contribution < -0.4 is 5.32 Å². The van der Waals surface area contributed by atoms with Crippen LogP contribution in [0.2, 0.25) is 0 Å². The molecule has 19 heavy (non-hydrogen) atoms. The van der Waals surface area contributed by atoms with Gasteiger partial charge in [-0.05, 0) is 19.4 Å². The van der Waals surface area contributed by atoms with Gasteiger partial charge in [-0.1, -0.05) is 39.3 Å². The number of likely N-dealkylation sites (N-methyl/N-ethyl adjacent to an activating group) is 1. The first-order valence-electron chi connectivity index (χ1n) is 7.27. The largest absolute Gasteiger partial charge is 0.373 e. The van der Waals surface area contributed by atoms with Crippen molar-refractivity contribution in [1.82, 2.24) is 15.5 Å². The van der Waals surface area contributed by atoms with Crippen LogP contribution in [0.25, 0.3) is 0 Å². The summed E-state index contributed by atoms with van der Waals surface area (Å²) >= 11 is 0. The van der Waals surface area contributed by atoms with E-state index in [0.717, 1.165) is 25.8 Å². The molecule has 0 aliphatic rings. The molecule has 0 fully saturated rings. The molecule has 0 radical (unpaired) electrons. The summed E-state index contributed by atoms with van der Waals surface area (Å²) in [6.07, 6.45) is 2.92. The van der Waals surface area contributed by atoms with Crippen molar-refractivity contribution in [2.75, 3.05) is 13.7 Å². The maximum absolute atomic E-state index is 5.40. The van der Waals surface area contributed by atoms with Gasteiger partial charge in [-0.15, -0.1) is 0 Å². The molecule has 0 aliphatic carbocycles. The van der Waals surface area contributed by atoms with E-state index < -0.39 is 0 Å². The summed E-state index contributed by atoms with van der Waals surface area (Å²) in [4.78, 5) is 4.51. The van der Waals surface area contributed by atoms with E-state index in [9.17, 15) is 0 Å². The normalized spacial score (nSPS) is 16.3. The van der Waals surface area contributed by atoms with Crippen LogP contribution >= 0.6 is 0 Å². The van der Waals surface area contributed by atoms with Crippen LogP contribution in [0, 0.1) is 0 Å². The third-order valence-electron chi connectivity index (χ3n) is 3.48. The highest BCUT2D eigenvalue weighted by Crippen LogP contribution is 2.24. The van der Waals surface area contributed by atoms with Crippen LogP contribution in [0.5, 0.6) is 0 Å². The highest BCUT2D eigenvalue weighted by atomic mass is 16.5. The van der Waals surface area contributed by atoms with Crippen molar-refractivity contribution >= 4 is 0 Å². The molecule has 0 bridgehead atoms. The fraction of sp³-hybridized carbons (Fsp3) is 0.857. The SMILES string of the molecule is CCCC(OC)c1noc(C(C)C(CC)NCC)n1. The molecule has 0 saturated heterocycles. The lowest BCUT2D eigenvalue weighted by atomic mass is 9.99. The Morgan fingerprint density at radius 3 is 2.58 bits per heavy atom. The predicted molar refractivity (Wildman–Crippen MR) is 75.1 cm³/mol. The molecule has 1 rings (SSSR count). The first-order chi connectivity index (χ1) is 9.17. The van der Waals surface area contributed by atoms with Crippen LogP contribution in [0.3, 0.4) is 0 Å². The molecule has 3 atom stereocenters. The number of methoxy groups -OCH3 is 1. The second kappa shape index (κ2) is 8.27. The number of hydrogen-bond acceptors (Lipinski definition) is 5. The number of hydrogen-bond donors (Lipinski definition) is 1. The molecule has 1 aromatic rings. The number of nitrogens with zero attached hydrogens (tertiary/aromatic N) is 2. The Morgan fingerprint density at radius 2 is 2.05 bits per heavy atom. The molecule has 0 aliphatic heterocycles. The summed E-state index contributed by atoms with van der Waals surface area (Å²) in [5, 5.41) is 7.51. The van der Waals surface area contributed by atoms with Gasteiger partial charge in [0.1, 0.15) is 6.10 Å². The molecule has 1 heterocycles. The van der Waals surface area contributed by atoms with Crippen molar-refractivity contribution in [1.29, 1.82) is 0 Å². The fourth-order valence-corrected chi connectivity index (χ4v) is 2.29. The zero-order valence-electron chi connectivity index (χ0n) is 12.8. The first kappa shape index (κ1) is 16.1. The van der Waals surface area contributed by atoms with Gasteiger partial charge in [0.15, 0.2) is 0 Å². The monoisotopic (exact) mass is 269 g/mol. The summed E-state index contributed by atoms with van der Waals surface area (Å²) in [6.45, 7) is 9.46. The second-order valence-electron chi connectivity index (χ2n) is 4.86. The lowest BCUT2D eigenvalue weighted by molar-refractivity contribution is 0.0854. The molecule has 0 amide bonds. The minimum atomic E-state index is -0.0612. The third kappa shape index (κ3) is 4.28.